The van der Waals surface area contributed by atoms with Crippen LogP contribution in [0.4, 0.5) is 11.4 Å². The average Bonchev–Trinajstić information content (AvgIpc) is 0.759. The second-order valence-corrected chi connectivity index (χ2v) is 33.1. The molecule has 0 unspecified atom stereocenters. The van der Waals surface area contributed by atoms with Crippen molar-refractivity contribution < 1.29 is 0 Å². The Kier molecular flexibility index (Phi) is 24.4. The van der Waals surface area contributed by atoms with Gasteiger partial charge in [0.05, 0.1) is 24.8 Å². The first-order valence-electron chi connectivity index (χ1n) is 45.4. The Labute approximate surface area is 799 Å². The third kappa shape index (κ3) is 18.4. The molecule has 0 aliphatic rings. The Balaban J connectivity index is 0.000000124. The van der Waals surface area contributed by atoms with Gasteiger partial charge in [0.25, 0.3) is 0 Å². The van der Waals surface area contributed by atoms with E-state index in [-0.39, 0.29) is 0 Å². The Hall–Kier alpha value is -19.3. The topological polar surface area (TPSA) is 149 Å². The summed E-state index contributed by atoms with van der Waals surface area (Å²) in [6.07, 6.45) is 0. The second kappa shape index (κ2) is 39.4. The zero-order chi connectivity index (χ0) is 92.9. The van der Waals surface area contributed by atoms with Gasteiger partial charge < -0.3 is 0 Å². The molecule has 0 N–H and O–H groups in total. The van der Waals surface area contributed by atoms with E-state index in [2.05, 4.69) is 234 Å². The first kappa shape index (κ1) is 85.5. The van der Waals surface area contributed by atoms with Crippen LogP contribution in [-0.2, 0) is 0 Å². The fraction of sp³-hybridized carbons (Fsp3) is 0. The molecule has 0 amide bonds. The molecule has 0 spiro atoms. The number of rotatable bonds is 17. The molecule has 3 heterocycles. The number of hydrogen-bond donors (Lipinski definition) is 0. The van der Waals surface area contributed by atoms with Crippen LogP contribution in [0.3, 0.4) is 0 Å². The van der Waals surface area contributed by atoms with Gasteiger partial charge in [0, 0.05) is 55.6 Å². The normalized spacial score (nSPS) is 10.9. The lowest BCUT2D eigenvalue weighted by atomic mass is 9.87. The summed E-state index contributed by atoms with van der Waals surface area (Å²) >= 11 is 0. The van der Waals surface area contributed by atoms with Crippen LogP contribution < -0.4 is 0 Å². The summed E-state index contributed by atoms with van der Waals surface area (Å²) in [5.41, 5.74) is 27.9. The molecule has 0 saturated heterocycles. The fourth-order valence-corrected chi connectivity index (χ4v) is 17.6. The highest BCUT2D eigenvalue weighted by Gasteiger charge is 2.22. The molecule has 23 aromatic rings. The van der Waals surface area contributed by atoms with Crippen molar-refractivity contribution in [1.82, 2.24) is 44.9 Å². The molecule has 0 atom stereocenters. The van der Waals surface area contributed by atoms with Crippen LogP contribution in [0.25, 0.3) is 234 Å². The van der Waals surface area contributed by atoms with Crippen molar-refractivity contribution in [2.24, 2.45) is 0 Å². The highest BCUT2D eigenvalue weighted by atomic mass is 15.1. The number of fused-ring (bicyclic) bond motifs is 3. The van der Waals surface area contributed by atoms with Gasteiger partial charge in [0.2, 0.25) is 0 Å². The van der Waals surface area contributed by atoms with Gasteiger partial charge in [-0.3, -0.25) is 0 Å². The van der Waals surface area contributed by atoms with Crippen molar-refractivity contribution in [2.75, 3.05) is 0 Å². The molecule has 644 valence electrons. The molecule has 0 fully saturated rings. The third-order valence-electron chi connectivity index (χ3n) is 24.5. The predicted octanol–water partition coefficient (Wildman–Crippen LogP) is 32.4. The molecule has 0 aliphatic carbocycles. The number of benzene rings is 20. The molecule has 0 bridgehead atoms. The Morgan fingerprint density at radius 2 is 0.399 bits per heavy atom. The molecule has 0 saturated carbocycles. The van der Waals surface area contributed by atoms with Crippen LogP contribution in [0.5, 0.6) is 0 Å². The van der Waals surface area contributed by atoms with E-state index in [4.69, 9.17) is 58.0 Å². The maximum Gasteiger partial charge on any atom is 0.187 e. The van der Waals surface area contributed by atoms with Crippen molar-refractivity contribution >= 4 is 43.7 Å². The highest BCUT2D eigenvalue weighted by molar-refractivity contribution is 6.08. The number of hydrogen-bond acceptors (Lipinski definition) is 10. The Morgan fingerprint density at radius 1 is 0.167 bits per heavy atom. The lowest BCUT2D eigenvalue weighted by Gasteiger charge is -2.15. The minimum absolute atomic E-state index is 0.614. The van der Waals surface area contributed by atoms with E-state index in [0.29, 0.717) is 69.4 Å². The molecular formula is C126H80N12. The zero-order valence-electron chi connectivity index (χ0n) is 74.6. The molecule has 23 rings (SSSR count). The Bertz CT molecular complexity index is 8340. The SMILES string of the molecule is N#Cc1ccccc1-c1c(-c2ccc(-c3nc(-c4ccccc4)nc(-c4ccccc4)n3)cc2)ccc2ccccc12.[C-]#[N+]c1ccc(-c2ccc(-c3c(-c4ccc(-c5nc(-c6ccccc6)nc(-c6ccccc6)n5)cc4)ccc4ccccc34)cc2)cc1.[C-]#[N+]c1cccc(-c2ccc(-c3c(-c4ccc(-c5nc(-c6ccccc6)nc(-c6ccccc6)n5)cc4)ccc4ccccc34)cc2)c1. The van der Waals surface area contributed by atoms with E-state index in [9.17, 15) is 5.26 Å². The summed E-state index contributed by atoms with van der Waals surface area (Å²) in [7, 11) is 0. The lowest BCUT2D eigenvalue weighted by Crippen LogP contribution is -2.00. The van der Waals surface area contributed by atoms with Crippen molar-refractivity contribution in [2.45, 2.75) is 0 Å². The summed E-state index contributed by atoms with van der Waals surface area (Å²) < 4.78 is 0. The van der Waals surface area contributed by atoms with Crippen LogP contribution >= 0.6 is 0 Å². The summed E-state index contributed by atoms with van der Waals surface area (Å²) in [6, 6.07) is 167. The Morgan fingerprint density at radius 3 is 0.710 bits per heavy atom. The van der Waals surface area contributed by atoms with Gasteiger partial charge in [-0.05, 0) is 128 Å². The molecule has 0 aliphatic heterocycles. The smallest absolute Gasteiger partial charge is 0.187 e. The van der Waals surface area contributed by atoms with Gasteiger partial charge in [0.1, 0.15) is 0 Å². The largest absolute Gasteiger partial charge is 0.238 e. The molecule has 12 nitrogen and oxygen atoms in total. The van der Waals surface area contributed by atoms with E-state index in [0.717, 1.165) is 139 Å². The van der Waals surface area contributed by atoms with Crippen LogP contribution in [-0.4, -0.2) is 44.9 Å². The summed E-state index contributed by atoms with van der Waals surface area (Å²) in [5.74, 6) is 5.72. The molecule has 3 aromatic heterocycles. The minimum Gasteiger partial charge on any atom is -0.238 e. The number of aromatic nitrogens is 9. The van der Waals surface area contributed by atoms with Gasteiger partial charge in [-0.25, -0.2) is 54.5 Å². The zero-order valence-corrected chi connectivity index (χ0v) is 74.6. The van der Waals surface area contributed by atoms with Gasteiger partial charge in [-0.2, -0.15) is 5.26 Å². The molecular weight excluding hydrogens is 1680 g/mol. The average molecular weight is 1760 g/mol. The van der Waals surface area contributed by atoms with Gasteiger partial charge >= 0.3 is 0 Å². The van der Waals surface area contributed by atoms with Gasteiger partial charge in [0.15, 0.2) is 63.8 Å². The summed E-state index contributed by atoms with van der Waals surface area (Å²) in [6.45, 7) is 14.7. The van der Waals surface area contributed by atoms with E-state index in [1.54, 1.807) is 0 Å². The monoisotopic (exact) mass is 1760 g/mol. The van der Waals surface area contributed by atoms with Crippen LogP contribution in [0.1, 0.15) is 5.56 Å². The molecule has 0 radical (unpaired) electrons. The van der Waals surface area contributed by atoms with E-state index in [1.165, 1.54) is 32.7 Å². The minimum atomic E-state index is 0.614. The maximum atomic E-state index is 9.92. The molecule has 12 heteroatoms. The van der Waals surface area contributed by atoms with Crippen LogP contribution in [0.2, 0.25) is 0 Å². The van der Waals surface area contributed by atoms with E-state index < -0.39 is 0 Å². The highest BCUT2D eigenvalue weighted by Crippen LogP contribution is 2.45. The van der Waals surface area contributed by atoms with Gasteiger partial charge in [-0.15, -0.1) is 0 Å². The van der Waals surface area contributed by atoms with Crippen molar-refractivity contribution in [3.8, 4) is 198 Å². The molecule has 20 aromatic carbocycles. The maximum absolute atomic E-state index is 9.92. The standard InChI is InChI=1S/2C44H28N4.C38H24N4/c1-45-38-17-10-16-37(29-38)30-19-23-33(24-20-30)41-39-18-9-8-11-31(39)27-28-40(41)32-21-25-36(26-22-32)44-47-42(34-12-4-2-5-13-34)46-43(48-44)35-14-6-3-7-15-35;1-45-38-27-24-31(25-28-38)30-16-20-34(21-17-30)41-39-15-9-8-10-32(39)26-29-40(41)33-18-22-37(23-19-33)44-47-42(35-11-4-2-5-12-35)46-43(48-44)36-13-6-3-7-14-36;39-25-31-16-8-10-18-33(31)35-32-17-9-7-11-26(32)23-24-34(35)27-19-21-30(22-20-27)38-41-36(28-12-3-1-4-13-28)40-37(42-38)29-14-5-2-6-15-29/h2*2-29H;1-24H. The quantitative estimate of drug-likeness (QED) is 0.0807. The van der Waals surface area contributed by atoms with Crippen LogP contribution in [0, 0.1) is 24.5 Å². The van der Waals surface area contributed by atoms with E-state index in [1.807, 2.05) is 267 Å². The summed E-state index contributed by atoms with van der Waals surface area (Å²) in [5, 5.41) is 16.9. The second-order valence-electron chi connectivity index (χ2n) is 33.1. The first-order chi connectivity index (χ1) is 68.2. The summed E-state index contributed by atoms with van der Waals surface area (Å²) in [4.78, 5) is 51.0. The van der Waals surface area contributed by atoms with Crippen molar-refractivity contribution in [3.63, 3.8) is 0 Å². The van der Waals surface area contributed by atoms with Crippen LogP contribution in [0.15, 0.2) is 485 Å². The number of nitrogens with zero attached hydrogens (tertiary/aromatic N) is 12. The lowest BCUT2D eigenvalue weighted by molar-refractivity contribution is 1.07. The van der Waals surface area contributed by atoms with Gasteiger partial charge in [-0.1, -0.05) is 473 Å². The molecule has 138 heavy (non-hydrogen) atoms. The predicted molar refractivity (Wildman–Crippen MR) is 562 cm³/mol. The first-order valence-corrected chi connectivity index (χ1v) is 45.4. The third-order valence-corrected chi connectivity index (χ3v) is 24.5. The fourth-order valence-electron chi connectivity index (χ4n) is 17.6. The van der Waals surface area contributed by atoms with E-state index >= 15 is 0 Å². The van der Waals surface area contributed by atoms with Crippen molar-refractivity contribution in [3.05, 3.63) is 514 Å². The van der Waals surface area contributed by atoms with Crippen molar-refractivity contribution in [1.29, 1.82) is 5.26 Å². The number of nitriles is 1.